The maximum atomic E-state index is 12.4. The van der Waals surface area contributed by atoms with Gasteiger partial charge in [0.05, 0.1) is 10.4 Å². The molecule has 168 valence electrons. The second kappa shape index (κ2) is 8.23. The molecule has 1 N–H and O–H groups in total. The van der Waals surface area contributed by atoms with E-state index in [-0.39, 0.29) is 0 Å². The molecule has 2 bridgehead atoms. The normalized spacial score (nSPS) is 25.9. The van der Waals surface area contributed by atoms with Crippen LogP contribution in [0, 0.1) is 11.8 Å². The second-order valence-corrected chi connectivity index (χ2v) is 10.8. The number of benzene rings is 2. The highest BCUT2D eigenvalue weighted by Gasteiger charge is 2.55. The molecular weight excluding hydrogens is 422 g/mol. The highest BCUT2D eigenvalue weighted by molar-refractivity contribution is 7.89. The number of fused-ring (bicyclic) bond motifs is 3. The van der Waals surface area contributed by atoms with Crippen LogP contribution in [0.25, 0.3) is 10.9 Å². The highest BCUT2D eigenvalue weighted by Crippen LogP contribution is 2.54. The van der Waals surface area contributed by atoms with E-state index < -0.39 is 15.6 Å². The van der Waals surface area contributed by atoms with Crippen molar-refractivity contribution < 1.29 is 13.2 Å². The van der Waals surface area contributed by atoms with E-state index in [0.29, 0.717) is 16.7 Å². The SMILES string of the molecule is CNS(=O)(=O)c1cccc(C2(OC)C3CCC2CN(Cc2ccnc4ccccc24)C3)c1. The number of likely N-dealkylation sites (tertiary alicyclic amines) is 1. The van der Waals surface area contributed by atoms with Crippen molar-refractivity contribution in [3.05, 3.63) is 71.9 Å². The molecule has 2 aliphatic rings. The number of ether oxygens (including phenoxy) is 1. The molecule has 2 fully saturated rings. The predicted molar refractivity (Wildman–Crippen MR) is 125 cm³/mol. The average molecular weight is 452 g/mol. The van der Waals surface area contributed by atoms with Crippen LogP contribution in [-0.2, 0) is 26.9 Å². The quantitative estimate of drug-likeness (QED) is 0.621. The van der Waals surface area contributed by atoms with E-state index in [1.807, 2.05) is 24.4 Å². The Bertz CT molecular complexity index is 1220. The first-order valence-electron chi connectivity index (χ1n) is 11.1. The molecule has 7 heteroatoms. The van der Waals surface area contributed by atoms with Crippen LogP contribution in [0.4, 0.5) is 0 Å². The van der Waals surface area contributed by atoms with E-state index in [9.17, 15) is 8.42 Å². The Morgan fingerprint density at radius 1 is 1.09 bits per heavy atom. The van der Waals surface area contributed by atoms with Crippen LogP contribution in [0.3, 0.4) is 0 Å². The smallest absolute Gasteiger partial charge is 0.240 e. The van der Waals surface area contributed by atoms with Crippen molar-refractivity contribution in [2.75, 3.05) is 27.2 Å². The van der Waals surface area contributed by atoms with Crippen LogP contribution in [-0.4, -0.2) is 45.5 Å². The molecule has 2 aromatic carbocycles. The first kappa shape index (κ1) is 21.5. The number of piperidine rings is 1. The molecule has 6 nitrogen and oxygen atoms in total. The molecular formula is C25H29N3O3S. The van der Waals surface area contributed by atoms with Crippen LogP contribution in [0.15, 0.2) is 65.7 Å². The molecule has 5 rings (SSSR count). The van der Waals surface area contributed by atoms with Gasteiger partial charge >= 0.3 is 0 Å². The molecule has 2 heterocycles. The Balaban J connectivity index is 1.45. The van der Waals surface area contributed by atoms with E-state index in [1.54, 1.807) is 19.2 Å². The fourth-order valence-corrected chi connectivity index (χ4v) is 6.70. The summed E-state index contributed by atoms with van der Waals surface area (Å²) in [4.78, 5) is 7.31. The second-order valence-electron chi connectivity index (χ2n) is 8.89. The molecule has 0 radical (unpaired) electrons. The third-order valence-corrected chi connectivity index (χ3v) is 8.78. The van der Waals surface area contributed by atoms with Gasteiger partial charge in [0.25, 0.3) is 0 Å². The minimum Gasteiger partial charge on any atom is -0.373 e. The summed E-state index contributed by atoms with van der Waals surface area (Å²) in [6.45, 7) is 2.72. The minimum absolute atomic E-state index is 0.291. The molecule has 1 aliphatic carbocycles. The van der Waals surface area contributed by atoms with Crippen molar-refractivity contribution in [3.63, 3.8) is 0 Å². The van der Waals surface area contributed by atoms with Crippen molar-refractivity contribution in [2.24, 2.45) is 11.8 Å². The van der Waals surface area contributed by atoms with Crippen LogP contribution in [0.5, 0.6) is 0 Å². The third-order valence-electron chi connectivity index (χ3n) is 7.37. The summed E-state index contributed by atoms with van der Waals surface area (Å²) in [5.74, 6) is 0.624. The lowest BCUT2D eigenvalue weighted by Gasteiger charge is -2.47. The van der Waals surface area contributed by atoms with E-state index >= 15 is 0 Å². The largest absolute Gasteiger partial charge is 0.373 e. The average Bonchev–Trinajstić information content (AvgIpc) is 3.02. The molecule has 1 aliphatic heterocycles. The number of methoxy groups -OCH3 is 1. The molecule has 0 spiro atoms. The van der Waals surface area contributed by atoms with Gasteiger partial charge in [-0.2, -0.15) is 0 Å². The molecule has 1 saturated heterocycles. The summed E-state index contributed by atoms with van der Waals surface area (Å²) in [5.41, 5.74) is 2.84. The van der Waals surface area contributed by atoms with Gasteiger partial charge in [0.2, 0.25) is 10.0 Å². The number of pyridine rings is 1. The number of rotatable bonds is 6. The van der Waals surface area contributed by atoms with Crippen LogP contribution in [0.2, 0.25) is 0 Å². The zero-order valence-corrected chi connectivity index (χ0v) is 19.3. The number of aromatic nitrogens is 1. The lowest BCUT2D eigenvalue weighted by atomic mass is 9.75. The monoisotopic (exact) mass is 451 g/mol. The van der Waals surface area contributed by atoms with Crippen LogP contribution in [0.1, 0.15) is 24.0 Å². The summed E-state index contributed by atoms with van der Waals surface area (Å²) in [7, 11) is -0.285. The Kier molecular flexibility index (Phi) is 5.53. The summed E-state index contributed by atoms with van der Waals surface area (Å²) in [5, 5.41) is 1.20. The minimum atomic E-state index is -3.50. The van der Waals surface area contributed by atoms with Crippen molar-refractivity contribution in [1.29, 1.82) is 0 Å². The van der Waals surface area contributed by atoms with Gasteiger partial charge in [-0.1, -0.05) is 30.3 Å². The summed E-state index contributed by atoms with van der Waals surface area (Å²) >= 11 is 0. The fraction of sp³-hybridized carbons (Fsp3) is 0.400. The summed E-state index contributed by atoms with van der Waals surface area (Å²) < 4.78 is 33.5. The third kappa shape index (κ3) is 3.44. The van der Waals surface area contributed by atoms with Crippen molar-refractivity contribution in [3.8, 4) is 0 Å². The molecule has 32 heavy (non-hydrogen) atoms. The van der Waals surface area contributed by atoms with E-state index in [4.69, 9.17) is 4.74 Å². The highest BCUT2D eigenvalue weighted by atomic mass is 32.2. The topological polar surface area (TPSA) is 71.5 Å². The van der Waals surface area contributed by atoms with Gasteiger partial charge in [-0.05, 0) is 55.3 Å². The molecule has 1 aromatic heterocycles. The predicted octanol–water partition coefficient (Wildman–Crippen LogP) is 3.53. The number of nitrogens with zero attached hydrogens (tertiary/aromatic N) is 2. The maximum Gasteiger partial charge on any atom is 0.240 e. The van der Waals surface area contributed by atoms with Crippen molar-refractivity contribution in [1.82, 2.24) is 14.6 Å². The van der Waals surface area contributed by atoms with Gasteiger partial charge in [-0.3, -0.25) is 9.88 Å². The molecule has 0 amide bonds. The lowest BCUT2D eigenvalue weighted by Crippen LogP contribution is -2.52. The van der Waals surface area contributed by atoms with E-state index in [0.717, 1.165) is 43.6 Å². The summed E-state index contributed by atoms with van der Waals surface area (Å²) in [6.07, 6.45) is 4.05. The van der Waals surface area contributed by atoms with Gasteiger partial charge in [-0.25, -0.2) is 13.1 Å². The Morgan fingerprint density at radius 2 is 1.84 bits per heavy atom. The standard InChI is InChI=1S/C25H29N3O3S/c1-26-32(29,30)22-7-5-6-19(14-22)25(31-2)20-10-11-21(25)17-28(16-20)15-18-12-13-27-24-9-4-3-8-23(18)24/h3-9,12-14,20-21,26H,10-11,15-17H2,1-2H3. The number of nitrogens with one attached hydrogen (secondary N) is 1. The van der Waals surface area contributed by atoms with Gasteiger partial charge in [0.15, 0.2) is 0 Å². The number of sulfonamides is 1. The fourth-order valence-electron chi connectivity index (χ4n) is 5.93. The maximum absolute atomic E-state index is 12.4. The van der Waals surface area contributed by atoms with Gasteiger partial charge in [0, 0.05) is 50.2 Å². The Hall–Kier alpha value is -2.32. The molecule has 2 unspecified atom stereocenters. The first-order valence-corrected chi connectivity index (χ1v) is 12.6. The van der Waals surface area contributed by atoms with Crippen LogP contribution < -0.4 is 4.72 Å². The van der Waals surface area contributed by atoms with E-state index in [1.165, 1.54) is 18.0 Å². The van der Waals surface area contributed by atoms with Gasteiger partial charge in [-0.15, -0.1) is 0 Å². The van der Waals surface area contributed by atoms with Crippen molar-refractivity contribution >= 4 is 20.9 Å². The lowest BCUT2D eigenvalue weighted by molar-refractivity contribution is -0.120. The molecule has 3 aromatic rings. The molecule has 2 atom stereocenters. The number of para-hydroxylation sites is 1. The van der Waals surface area contributed by atoms with Gasteiger partial charge in [0.1, 0.15) is 5.60 Å². The van der Waals surface area contributed by atoms with Crippen LogP contribution >= 0.6 is 0 Å². The Morgan fingerprint density at radius 3 is 2.56 bits per heavy atom. The summed E-state index contributed by atoms with van der Waals surface area (Å²) in [6, 6.07) is 17.7. The van der Waals surface area contributed by atoms with E-state index in [2.05, 4.69) is 38.9 Å². The van der Waals surface area contributed by atoms with Crippen molar-refractivity contribution in [2.45, 2.75) is 29.9 Å². The Labute approximate surface area is 189 Å². The number of hydrogen-bond donors (Lipinski definition) is 1. The zero-order valence-electron chi connectivity index (χ0n) is 18.5. The first-order chi connectivity index (χ1) is 15.5. The van der Waals surface area contributed by atoms with Gasteiger partial charge < -0.3 is 4.74 Å². The zero-order chi connectivity index (χ0) is 22.3. The number of hydrogen-bond acceptors (Lipinski definition) is 5. The molecule has 1 saturated carbocycles.